The molecule has 73 valence electrons. The first-order valence-corrected chi connectivity index (χ1v) is 3.68. The van der Waals surface area contributed by atoms with Gasteiger partial charge in [-0.25, -0.2) is 9.97 Å². The fourth-order valence-corrected chi connectivity index (χ4v) is 0.784. The lowest BCUT2D eigenvalue weighted by Gasteiger charge is -2.05. The van der Waals surface area contributed by atoms with Crippen molar-refractivity contribution in [2.75, 3.05) is 0 Å². The number of rotatable bonds is 1. The molecule has 1 rings (SSSR count). The first-order chi connectivity index (χ1) is 6.54. The average Bonchev–Trinajstić information content (AvgIpc) is 2.14. The molecule has 0 saturated heterocycles. The van der Waals surface area contributed by atoms with Crippen LogP contribution in [0.1, 0.15) is 11.5 Å². The summed E-state index contributed by atoms with van der Waals surface area (Å²) in [7, 11) is 0. The van der Waals surface area contributed by atoms with Crippen molar-refractivity contribution in [1.82, 2.24) is 9.97 Å². The largest absolute Gasteiger partial charge is 0.433 e. The van der Waals surface area contributed by atoms with Crippen molar-refractivity contribution in [1.29, 1.82) is 0 Å². The molecule has 1 radical (unpaired) electrons. The number of aromatic nitrogens is 2. The Hall–Kier alpha value is -1.57. The highest BCUT2D eigenvalue weighted by Crippen LogP contribution is 2.26. The molecule has 0 fully saturated rings. The van der Waals surface area contributed by atoms with E-state index in [1.807, 2.05) is 0 Å². The van der Waals surface area contributed by atoms with E-state index in [0.717, 1.165) is 12.3 Å². The summed E-state index contributed by atoms with van der Waals surface area (Å²) in [5.41, 5.74) is -0.951. The van der Waals surface area contributed by atoms with E-state index in [2.05, 4.69) is 28.7 Å². The second-order valence-electron chi connectivity index (χ2n) is 2.39. The highest BCUT2D eigenvalue weighted by Gasteiger charge is 2.32. The minimum absolute atomic E-state index is 0.0518. The van der Waals surface area contributed by atoms with Crippen molar-refractivity contribution in [3.63, 3.8) is 0 Å². The average molecular weight is 199 g/mol. The Bertz CT molecular complexity index is 374. The van der Waals surface area contributed by atoms with Crippen LogP contribution < -0.4 is 0 Å². The maximum atomic E-state index is 12.2. The van der Waals surface area contributed by atoms with E-state index in [1.54, 1.807) is 0 Å². The molecule has 0 spiro atoms. The van der Waals surface area contributed by atoms with Crippen LogP contribution in [-0.2, 0) is 12.6 Å². The van der Waals surface area contributed by atoms with Crippen molar-refractivity contribution >= 4 is 0 Å². The molecule has 0 N–H and O–H groups in total. The fourth-order valence-electron chi connectivity index (χ4n) is 0.784. The standard InChI is InChI=1S/C9H6F3N2/c1-2-3-4-8-13-6-5-7(14-8)9(10,11)12/h5-6H,1,4H2. The smallest absolute Gasteiger partial charge is 0.240 e. The molecule has 14 heavy (non-hydrogen) atoms. The van der Waals surface area contributed by atoms with E-state index < -0.39 is 11.9 Å². The molecule has 1 aromatic heterocycles. The maximum Gasteiger partial charge on any atom is 0.433 e. The van der Waals surface area contributed by atoms with Crippen LogP contribution in [0.3, 0.4) is 0 Å². The number of halogens is 3. The van der Waals surface area contributed by atoms with Gasteiger partial charge in [0.15, 0.2) is 0 Å². The highest BCUT2D eigenvalue weighted by molar-refractivity contribution is 5.12. The van der Waals surface area contributed by atoms with Gasteiger partial charge in [-0.3, -0.25) is 0 Å². The molecule has 0 bridgehead atoms. The minimum atomic E-state index is -4.43. The molecule has 1 heterocycles. The maximum absolute atomic E-state index is 12.2. The van der Waals surface area contributed by atoms with E-state index in [1.165, 1.54) is 0 Å². The molecule has 0 amide bonds. The third-order valence-electron chi connectivity index (χ3n) is 1.37. The second kappa shape index (κ2) is 4.09. The molecule has 0 aromatic carbocycles. The summed E-state index contributed by atoms with van der Waals surface area (Å²) in [6.45, 7) is 3.23. The van der Waals surface area contributed by atoms with E-state index in [4.69, 9.17) is 0 Å². The predicted molar refractivity (Wildman–Crippen MR) is 43.9 cm³/mol. The lowest BCUT2D eigenvalue weighted by molar-refractivity contribution is -0.141. The molecule has 1 aromatic rings. The molecule has 0 unspecified atom stereocenters. The Morgan fingerprint density at radius 3 is 2.71 bits per heavy atom. The van der Waals surface area contributed by atoms with Crippen molar-refractivity contribution in [2.45, 2.75) is 12.6 Å². The predicted octanol–water partition coefficient (Wildman–Crippen LogP) is 1.88. The van der Waals surface area contributed by atoms with Gasteiger partial charge >= 0.3 is 6.18 Å². The summed E-state index contributed by atoms with van der Waals surface area (Å²) in [4.78, 5) is 6.96. The summed E-state index contributed by atoms with van der Waals surface area (Å²) in [6.07, 6.45) is -3.29. The van der Waals surface area contributed by atoms with Crippen LogP contribution in [0.4, 0.5) is 13.2 Å². The van der Waals surface area contributed by atoms with E-state index >= 15 is 0 Å². The molecule has 0 aliphatic rings. The van der Waals surface area contributed by atoms with Gasteiger partial charge in [-0.2, -0.15) is 13.2 Å². The lowest BCUT2D eigenvalue weighted by atomic mass is 10.3. The SMILES string of the molecule is [CH2]C#CCc1nccc(C(F)(F)F)n1. The molecule has 0 aliphatic carbocycles. The van der Waals surface area contributed by atoms with Gasteiger partial charge in [0.1, 0.15) is 11.5 Å². The van der Waals surface area contributed by atoms with Crippen LogP contribution in [0, 0.1) is 18.8 Å². The van der Waals surface area contributed by atoms with Gasteiger partial charge in [-0.1, -0.05) is 5.92 Å². The van der Waals surface area contributed by atoms with Crippen LogP contribution >= 0.6 is 0 Å². The highest BCUT2D eigenvalue weighted by atomic mass is 19.4. The molecular formula is C9H6F3N2. The molecular weight excluding hydrogens is 193 g/mol. The van der Waals surface area contributed by atoms with Gasteiger partial charge in [0, 0.05) is 13.1 Å². The van der Waals surface area contributed by atoms with E-state index in [0.29, 0.717) is 0 Å². The van der Waals surface area contributed by atoms with Gasteiger partial charge in [0.25, 0.3) is 0 Å². The summed E-state index contributed by atoms with van der Waals surface area (Å²) in [5.74, 6) is 4.85. The van der Waals surface area contributed by atoms with Crippen LogP contribution in [-0.4, -0.2) is 9.97 Å². The number of alkyl halides is 3. The normalized spacial score (nSPS) is 10.6. The Balaban J connectivity index is 2.93. The number of hydrogen-bond donors (Lipinski definition) is 0. The minimum Gasteiger partial charge on any atom is -0.240 e. The van der Waals surface area contributed by atoms with Gasteiger partial charge < -0.3 is 0 Å². The first-order valence-electron chi connectivity index (χ1n) is 3.68. The van der Waals surface area contributed by atoms with Crippen LogP contribution in [0.25, 0.3) is 0 Å². The Kier molecular flexibility index (Phi) is 3.07. The Labute approximate surface area is 79.2 Å². The van der Waals surface area contributed by atoms with Gasteiger partial charge in [-0.05, 0) is 6.07 Å². The van der Waals surface area contributed by atoms with Crippen LogP contribution in [0.5, 0.6) is 0 Å². The third kappa shape index (κ3) is 2.73. The van der Waals surface area contributed by atoms with Gasteiger partial charge in [0.05, 0.1) is 6.42 Å². The quantitative estimate of drug-likeness (QED) is 0.645. The summed E-state index contributed by atoms with van der Waals surface area (Å²) in [5, 5.41) is 0. The zero-order chi connectivity index (χ0) is 10.6. The molecule has 0 saturated carbocycles. The second-order valence-corrected chi connectivity index (χ2v) is 2.39. The number of nitrogens with zero attached hydrogens (tertiary/aromatic N) is 2. The zero-order valence-electron chi connectivity index (χ0n) is 7.10. The van der Waals surface area contributed by atoms with E-state index in [9.17, 15) is 13.2 Å². The van der Waals surface area contributed by atoms with E-state index in [-0.39, 0.29) is 12.2 Å². The Morgan fingerprint density at radius 2 is 2.14 bits per heavy atom. The van der Waals surface area contributed by atoms with Crippen molar-refractivity contribution in [2.24, 2.45) is 0 Å². The first kappa shape index (κ1) is 10.5. The lowest BCUT2D eigenvalue weighted by Crippen LogP contribution is -2.10. The molecule has 5 heteroatoms. The van der Waals surface area contributed by atoms with Crippen molar-refractivity contribution in [3.8, 4) is 11.8 Å². The molecule has 0 atom stereocenters. The summed E-state index contributed by atoms with van der Waals surface area (Å²) in [6, 6.07) is 0.821. The topological polar surface area (TPSA) is 25.8 Å². The molecule has 2 nitrogen and oxygen atoms in total. The number of hydrogen-bond acceptors (Lipinski definition) is 2. The van der Waals surface area contributed by atoms with Gasteiger partial charge in [-0.15, -0.1) is 5.92 Å². The zero-order valence-corrected chi connectivity index (χ0v) is 7.10. The van der Waals surface area contributed by atoms with Crippen LogP contribution in [0.15, 0.2) is 12.3 Å². The summed E-state index contributed by atoms with van der Waals surface area (Å²) >= 11 is 0. The van der Waals surface area contributed by atoms with Gasteiger partial charge in [0.2, 0.25) is 0 Å². The van der Waals surface area contributed by atoms with Crippen LogP contribution in [0.2, 0.25) is 0 Å². The van der Waals surface area contributed by atoms with Crippen molar-refractivity contribution < 1.29 is 13.2 Å². The third-order valence-corrected chi connectivity index (χ3v) is 1.37. The van der Waals surface area contributed by atoms with Crippen molar-refractivity contribution in [3.05, 3.63) is 30.7 Å². The Morgan fingerprint density at radius 1 is 1.43 bits per heavy atom. The summed E-state index contributed by atoms with van der Waals surface area (Å²) < 4.78 is 36.5. The molecule has 0 aliphatic heterocycles. The monoisotopic (exact) mass is 199 g/mol. The fraction of sp³-hybridized carbons (Fsp3) is 0.222.